The van der Waals surface area contributed by atoms with Crippen molar-refractivity contribution < 1.29 is 29.6 Å². The number of amides is 4. The topological polar surface area (TPSA) is 139 Å². The van der Waals surface area contributed by atoms with Crippen molar-refractivity contribution in [2.45, 2.75) is 57.8 Å². The van der Waals surface area contributed by atoms with E-state index in [1.54, 1.807) is 0 Å². The highest BCUT2D eigenvalue weighted by Crippen LogP contribution is 2.02. The Morgan fingerprint density at radius 3 is 1.48 bits per heavy atom. The first-order valence-electron chi connectivity index (χ1n) is 9.42. The Balaban J connectivity index is 2.48. The van der Waals surface area contributed by atoms with Gasteiger partial charge in [0.25, 0.3) is 0 Å². The molecule has 154 valence electrons. The molecule has 1 saturated heterocycles. The van der Waals surface area contributed by atoms with Gasteiger partial charge in [-0.3, -0.25) is 29.6 Å². The van der Waals surface area contributed by atoms with Crippen LogP contribution in [0, 0.1) is 0 Å². The summed E-state index contributed by atoms with van der Waals surface area (Å²) < 4.78 is 0. The number of hydroxylamine groups is 4. The molecule has 4 N–H and O–H groups in total. The Labute approximate surface area is 158 Å². The second-order valence-corrected chi connectivity index (χ2v) is 6.50. The zero-order chi connectivity index (χ0) is 20.1. The van der Waals surface area contributed by atoms with Crippen LogP contribution in [0.4, 0.5) is 0 Å². The summed E-state index contributed by atoms with van der Waals surface area (Å²) in [4.78, 5) is 46.9. The van der Waals surface area contributed by atoms with Gasteiger partial charge in [-0.05, 0) is 32.1 Å². The molecule has 1 aliphatic heterocycles. The van der Waals surface area contributed by atoms with Crippen LogP contribution in [0.1, 0.15) is 57.8 Å². The normalized spacial score (nSPS) is 21.3. The average molecular weight is 386 g/mol. The van der Waals surface area contributed by atoms with E-state index in [2.05, 4.69) is 10.6 Å². The summed E-state index contributed by atoms with van der Waals surface area (Å²) in [5.74, 6) is -1.56. The molecule has 0 saturated carbocycles. The number of carbonyl (C=O) groups excluding carboxylic acids is 4. The first-order valence-corrected chi connectivity index (χ1v) is 9.42. The lowest BCUT2D eigenvalue weighted by molar-refractivity contribution is -0.166. The van der Waals surface area contributed by atoms with Crippen molar-refractivity contribution in [3.05, 3.63) is 0 Å². The monoisotopic (exact) mass is 386 g/mol. The molecule has 0 aromatic heterocycles. The Morgan fingerprint density at radius 2 is 1.00 bits per heavy atom. The summed E-state index contributed by atoms with van der Waals surface area (Å²) in [5, 5.41) is 25.9. The molecule has 10 nitrogen and oxygen atoms in total. The van der Waals surface area contributed by atoms with Crippen molar-refractivity contribution >= 4 is 23.6 Å². The number of rotatable bonds is 0. The molecule has 1 rings (SSSR count). The SMILES string of the molecule is O=C1CCC(=O)N(O)CCCCCNC(=O)CCC(=O)N(O)CCCCN1. The highest BCUT2D eigenvalue weighted by molar-refractivity contribution is 5.83. The maximum atomic E-state index is 11.8. The average Bonchev–Trinajstić information content (AvgIpc) is 2.65. The highest BCUT2D eigenvalue weighted by atomic mass is 16.5. The molecule has 0 radical (unpaired) electrons. The van der Waals surface area contributed by atoms with Gasteiger partial charge in [0.1, 0.15) is 0 Å². The third-order valence-electron chi connectivity index (χ3n) is 4.20. The van der Waals surface area contributed by atoms with E-state index in [0.29, 0.717) is 55.3 Å². The van der Waals surface area contributed by atoms with Gasteiger partial charge in [0, 0.05) is 51.9 Å². The van der Waals surface area contributed by atoms with E-state index in [4.69, 9.17) is 0 Å². The standard InChI is InChI=1S/C17H30N4O6/c22-14-6-9-17(25)21(27)13-5-3-11-19-15(23)7-8-16(24)20(26)12-4-1-2-10-18-14/h26-27H,1-13H2,(H,18,22)(H,19,23). The minimum absolute atomic E-state index is 0.00483. The second-order valence-electron chi connectivity index (χ2n) is 6.50. The van der Waals surface area contributed by atoms with E-state index in [-0.39, 0.29) is 50.6 Å². The van der Waals surface area contributed by atoms with Crippen molar-refractivity contribution in [1.29, 1.82) is 0 Å². The van der Waals surface area contributed by atoms with Crippen LogP contribution in [-0.4, -0.2) is 70.3 Å². The summed E-state index contributed by atoms with van der Waals surface area (Å²) in [7, 11) is 0. The number of nitrogens with one attached hydrogen (secondary N) is 2. The first-order chi connectivity index (χ1) is 12.9. The number of nitrogens with zero attached hydrogens (tertiary/aromatic N) is 2. The van der Waals surface area contributed by atoms with E-state index in [1.165, 1.54) is 0 Å². The summed E-state index contributed by atoms with van der Waals surface area (Å²) >= 11 is 0. The van der Waals surface area contributed by atoms with Crippen molar-refractivity contribution in [3.8, 4) is 0 Å². The fourth-order valence-electron chi connectivity index (χ4n) is 2.53. The van der Waals surface area contributed by atoms with Crippen LogP contribution >= 0.6 is 0 Å². The van der Waals surface area contributed by atoms with Gasteiger partial charge in [-0.25, -0.2) is 10.1 Å². The van der Waals surface area contributed by atoms with Crippen LogP contribution in [0.25, 0.3) is 0 Å². The molecule has 1 heterocycles. The van der Waals surface area contributed by atoms with Crippen LogP contribution in [-0.2, 0) is 19.2 Å². The minimum atomic E-state index is -0.512. The molecule has 0 aromatic carbocycles. The predicted octanol–water partition coefficient (Wildman–Crippen LogP) is 0.179. The summed E-state index contributed by atoms with van der Waals surface area (Å²) in [6.45, 7) is 1.10. The second kappa shape index (κ2) is 13.0. The Hall–Kier alpha value is -2.20. The smallest absolute Gasteiger partial charge is 0.246 e. The minimum Gasteiger partial charge on any atom is -0.356 e. The van der Waals surface area contributed by atoms with Crippen molar-refractivity contribution in [2.24, 2.45) is 0 Å². The maximum absolute atomic E-state index is 11.8. The van der Waals surface area contributed by atoms with E-state index in [1.807, 2.05) is 0 Å². The third kappa shape index (κ3) is 10.5. The third-order valence-corrected chi connectivity index (χ3v) is 4.20. The molecule has 0 aliphatic carbocycles. The molecule has 0 unspecified atom stereocenters. The quantitative estimate of drug-likeness (QED) is 0.438. The van der Waals surface area contributed by atoms with Crippen molar-refractivity contribution in [1.82, 2.24) is 20.8 Å². The van der Waals surface area contributed by atoms with Crippen LogP contribution < -0.4 is 10.6 Å². The van der Waals surface area contributed by atoms with Gasteiger partial charge in [0.15, 0.2) is 0 Å². The molecule has 1 aliphatic rings. The zero-order valence-electron chi connectivity index (χ0n) is 15.6. The molecule has 0 aromatic rings. The van der Waals surface area contributed by atoms with Crippen LogP contribution in [0.3, 0.4) is 0 Å². The molecule has 0 spiro atoms. The van der Waals surface area contributed by atoms with Crippen molar-refractivity contribution in [3.63, 3.8) is 0 Å². The van der Waals surface area contributed by atoms with Crippen LogP contribution in [0.5, 0.6) is 0 Å². The summed E-state index contributed by atoms with van der Waals surface area (Å²) in [6.07, 6.45) is 2.84. The van der Waals surface area contributed by atoms with E-state index < -0.39 is 11.8 Å². The maximum Gasteiger partial charge on any atom is 0.246 e. The lowest BCUT2D eigenvalue weighted by atomic mass is 10.2. The van der Waals surface area contributed by atoms with E-state index in [0.717, 1.165) is 0 Å². The molecule has 0 bridgehead atoms. The Morgan fingerprint density at radius 1 is 0.593 bits per heavy atom. The molecule has 0 atom stereocenters. The van der Waals surface area contributed by atoms with Gasteiger partial charge < -0.3 is 10.6 Å². The number of carbonyl (C=O) groups is 4. The fourth-order valence-corrected chi connectivity index (χ4v) is 2.53. The summed E-state index contributed by atoms with van der Waals surface area (Å²) in [5.41, 5.74) is 0. The molecular formula is C17H30N4O6. The van der Waals surface area contributed by atoms with E-state index in [9.17, 15) is 29.6 Å². The van der Waals surface area contributed by atoms with Gasteiger partial charge in [0.2, 0.25) is 23.6 Å². The molecule has 4 amide bonds. The van der Waals surface area contributed by atoms with Gasteiger partial charge >= 0.3 is 0 Å². The van der Waals surface area contributed by atoms with Crippen LogP contribution in [0.15, 0.2) is 0 Å². The Bertz CT molecular complexity index is 514. The number of hydrogen-bond donors (Lipinski definition) is 4. The molecule has 27 heavy (non-hydrogen) atoms. The zero-order valence-corrected chi connectivity index (χ0v) is 15.6. The largest absolute Gasteiger partial charge is 0.356 e. The fraction of sp³-hybridized carbons (Fsp3) is 0.765. The lowest BCUT2D eigenvalue weighted by Gasteiger charge is -2.15. The first kappa shape index (κ1) is 22.8. The van der Waals surface area contributed by atoms with Crippen LogP contribution in [0.2, 0.25) is 0 Å². The molecular weight excluding hydrogens is 356 g/mol. The van der Waals surface area contributed by atoms with Crippen molar-refractivity contribution in [2.75, 3.05) is 26.2 Å². The molecule has 1 fully saturated rings. The van der Waals surface area contributed by atoms with Gasteiger partial charge in [-0.2, -0.15) is 0 Å². The van der Waals surface area contributed by atoms with Gasteiger partial charge in [-0.15, -0.1) is 0 Å². The van der Waals surface area contributed by atoms with Gasteiger partial charge in [0.05, 0.1) is 0 Å². The van der Waals surface area contributed by atoms with E-state index >= 15 is 0 Å². The van der Waals surface area contributed by atoms with Gasteiger partial charge in [-0.1, -0.05) is 0 Å². The number of hydrogen-bond acceptors (Lipinski definition) is 6. The predicted molar refractivity (Wildman–Crippen MR) is 94.6 cm³/mol. The molecule has 10 heteroatoms. The Kier molecular flexibility index (Phi) is 11.0. The lowest BCUT2D eigenvalue weighted by Crippen LogP contribution is -2.32. The summed E-state index contributed by atoms with van der Waals surface area (Å²) in [6, 6.07) is 0. The highest BCUT2D eigenvalue weighted by Gasteiger charge is 2.14.